The van der Waals surface area contributed by atoms with Gasteiger partial charge in [-0.3, -0.25) is 0 Å². The van der Waals surface area contributed by atoms with Crippen LogP contribution in [0.4, 0.5) is 5.82 Å². The first-order chi connectivity index (χ1) is 11.6. The number of rotatable bonds is 7. The van der Waals surface area contributed by atoms with E-state index in [0.717, 1.165) is 55.5 Å². The zero-order valence-corrected chi connectivity index (χ0v) is 15.3. The molecule has 132 valence electrons. The Kier molecular flexibility index (Phi) is 5.36. The molecule has 0 radical (unpaired) electrons. The van der Waals surface area contributed by atoms with Gasteiger partial charge < -0.3 is 15.0 Å². The van der Waals surface area contributed by atoms with E-state index in [1.165, 1.54) is 18.5 Å². The number of hydrogen-bond donors (Lipinski definition) is 1. The Balaban J connectivity index is 1.70. The molecule has 1 fully saturated rings. The Bertz CT molecular complexity index is 696. The number of hydrogen-bond acceptors (Lipinski definition) is 5. The Hall–Kier alpha value is -1.66. The Morgan fingerprint density at radius 2 is 2.21 bits per heavy atom. The van der Waals surface area contributed by atoms with Gasteiger partial charge in [-0.05, 0) is 39.2 Å². The largest absolute Gasteiger partial charge is 0.383 e. The first-order valence-corrected chi connectivity index (χ1v) is 8.93. The van der Waals surface area contributed by atoms with Gasteiger partial charge in [-0.15, -0.1) is 0 Å². The SMILES string of the molecule is CCc1cc(NC[C@H]2CCN(CCOC)C2)n2nc(C)c(C)c2n1. The van der Waals surface area contributed by atoms with Gasteiger partial charge in [0, 0.05) is 44.1 Å². The quantitative estimate of drug-likeness (QED) is 0.844. The summed E-state index contributed by atoms with van der Waals surface area (Å²) in [4.78, 5) is 7.22. The van der Waals surface area contributed by atoms with Crippen molar-refractivity contribution in [2.24, 2.45) is 5.92 Å². The van der Waals surface area contributed by atoms with Crippen molar-refractivity contribution < 1.29 is 4.74 Å². The average Bonchev–Trinajstić information content (AvgIpc) is 3.16. The highest BCUT2D eigenvalue weighted by Crippen LogP contribution is 2.21. The van der Waals surface area contributed by atoms with Gasteiger partial charge in [-0.1, -0.05) is 6.92 Å². The minimum absolute atomic E-state index is 0.674. The van der Waals surface area contributed by atoms with E-state index < -0.39 is 0 Å². The van der Waals surface area contributed by atoms with Crippen molar-refractivity contribution in [1.82, 2.24) is 19.5 Å². The van der Waals surface area contributed by atoms with E-state index >= 15 is 0 Å². The maximum Gasteiger partial charge on any atom is 0.160 e. The summed E-state index contributed by atoms with van der Waals surface area (Å²) in [7, 11) is 1.77. The summed E-state index contributed by atoms with van der Waals surface area (Å²) in [5, 5.41) is 8.28. The number of ether oxygens (including phenoxy) is 1. The second kappa shape index (κ2) is 7.49. The molecule has 6 nitrogen and oxygen atoms in total. The van der Waals surface area contributed by atoms with Crippen LogP contribution in [0, 0.1) is 19.8 Å². The second-order valence-corrected chi connectivity index (χ2v) is 6.76. The summed E-state index contributed by atoms with van der Waals surface area (Å²) >= 11 is 0. The molecule has 6 heteroatoms. The standard InChI is InChI=1S/C18H29N5O/c1-5-16-10-17(23-18(20-16)13(2)14(3)21-23)19-11-15-6-7-22(12-15)8-9-24-4/h10,15,19H,5-9,11-12H2,1-4H3/t15-/m1/s1. The van der Waals surface area contributed by atoms with Crippen LogP contribution in [0.2, 0.25) is 0 Å². The molecule has 3 heterocycles. The summed E-state index contributed by atoms with van der Waals surface area (Å²) in [5.74, 6) is 1.73. The summed E-state index contributed by atoms with van der Waals surface area (Å²) in [6, 6.07) is 2.14. The molecule has 0 aliphatic carbocycles. The maximum atomic E-state index is 5.18. The number of aromatic nitrogens is 3. The van der Waals surface area contributed by atoms with Crippen molar-refractivity contribution in [1.29, 1.82) is 0 Å². The van der Waals surface area contributed by atoms with Crippen LogP contribution < -0.4 is 5.32 Å². The summed E-state index contributed by atoms with van der Waals surface area (Å²) < 4.78 is 7.14. The van der Waals surface area contributed by atoms with Crippen LogP contribution in [0.3, 0.4) is 0 Å². The first-order valence-electron chi connectivity index (χ1n) is 8.93. The van der Waals surface area contributed by atoms with Crippen LogP contribution in [0.1, 0.15) is 30.3 Å². The Labute approximate surface area is 144 Å². The van der Waals surface area contributed by atoms with Crippen molar-refractivity contribution in [3.8, 4) is 0 Å². The third-order valence-electron chi connectivity index (χ3n) is 5.03. The highest BCUT2D eigenvalue weighted by Gasteiger charge is 2.22. The fourth-order valence-corrected chi connectivity index (χ4v) is 3.34. The average molecular weight is 331 g/mol. The maximum absolute atomic E-state index is 5.18. The van der Waals surface area contributed by atoms with E-state index in [9.17, 15) is 0 Å². The summed E-state index contributed by atoms with van der Waals surface area (Å²) in [6.45, 7) is 11.4. The van der Waals surface area contributed by atoms with Crippen LogP contribution in [-0.4, -0.2) is 59.4 Å². The van der Waals surface area contributed by atoms with Gasteiger partial charge in [0.1, 0.15) is 5.82 Å². The van der Waals surface area contributed by atoms with Gasteiger partial charge in [-0.25, -0.2) is 4.98 Å². The topological polar surface area (TPSA) is 54.7 Å². The van der Waals surface area contributed by atoms with E-state index in [4.69, 9.17) is 9.72 Å². The zero-order valence-electron chi connectivity index (χ0n) is 15.3. The van der Waals surface area contributed by atoms with E-state index in [-0.39, 0.29) is 0 Å². The predicted octanol–water partition coefficient (Wildman–Crippen LogP) is 2.29. The predicted molar refractivity (Wildman–Crippen MR) is 96.8 cm³/mol. The number of aryl methyl sites for hydroxylation is 3. The normalized spacial score (nSPS) is 18.6. The van der Waals surface area contributed by atoms with Gasteiger partial charge in [0.15, 0.2) is 5.65 Å². The molecular weight excluding hydrogens is 302 g/mol. The minimum atomic E-state index is 0.674. The van der Waals surface area contributed by atoms with Crippen LogP contribution in [0.5, 0.6) is 0 Å². The van der Waals surface area contributed by atoms with Crippen molar-refractivity contribution >= 4 is 11.5 Å². The molecule has 1 aliphatic heterocycles. The third-order valence-corrected chi connectivity index (χ3v) is 5.03. The highest BCUT2D eigenvalue weighted by atomic mass is 16.5. The summed E-state index contributed by atoms with van der Waals surface area (Å²) in [6.07, 6.45) is 2.17. The molecule has 0 spiro atoms. The molecule has 0 amide bonds. The van der Waals surface area contributed by atoms with Gasteiger partial charge in [0.25, 0.3) is 0 Å². The lowest BCUT2D eigenvalue weighted by Crippen LogP contribution is -2.26. The fraction of sp³-hybridized carbons (Fsp3) is 0.667. The monoisotopic (exact) mass is 331 g/mol. The molecular formula is C18H29N5O. The molecule has 0 unspecified atom stereocenters. The fourth-order valence-electron chi connectivity index (χ4n) is 3.34. The van der Waals surface area contributed by atoms with Gasteiger partial charge in [0.05, 0.1) is 12.3 Å². The van der Waals surface area contributed by atoms with Crippen LogP contribution in [0.25, 0.3) is 5.65 Å². The van der Waals surface area contributed by atoms with E-state index in [2.05, 4.69) is 35.2 Å². The van der Waals surface area contributed by atoms with Gasteiger partial charge >= 0.3 is 0 Å². The number of likely N-dealkylation sites (tertiary alicyclic amines) is 1. The lowest BCUT2D eigenvalue weighted by Gasteiger charge is -2.16. The zero-order chi connectivity index (χ0) is 17.1. The Morgan fingerprint density at radius 3 is 2.96 bits per heavy atom. The van der Waals surface area contributed by atoms with Crippen LogP contribution >= 0.6 is 0 Å². The smallest absolute Gasteiger partial charge is 0.160 e. The number of nitrogens with one attached hydrogen (secondary N) is 1. The molecule has 1 atom stereocenters. The van der Waals surface area contributed by atoms with Crippen LogP contribution in [0.15, 0.2) is 6.07 Å². The van der Waals surface area contributed by atoms with Gasteiger partial charge in [0.2, 0.25) is 0 Å². The van der Waals surface area contributed by atoms with Crippen molar-refractivity contribution in [2.75, 3.05) is 45.2 Å². The molecule has 1 aliphatic rings. The molecule has 0 aromatic carbocycles. The van der Waals surface area contributed by atoms with Gasteiger partial charge in [-0.2, -0.15) is 9.61 Å². The van der Waals surface area contributed by atoms with Crippen molar-refractivity contribution in [3.05, 3.63) is 23.0 Å². The lowest BCUT2D eigenvalue weighted by atomic mass is 10.1. The second-order valence-electron chi connectivity index (χ2n) is 6.76. The number of methoxy groups -OCH3 is 1. The molecule has 0 bridgehead atoms. The van der Waals surface area contributed by atoms with Crippen LogP contribution in [-0.2, 0) is 11.2 Å². The molecule has 1 N–H and O–H groups in total. The minimum Gasteiger partial charge on any atom is -0.383 e. The lowest BCUT2D eigenvalue weighted by molar-refractivity contribution is 0.159. The van der Waals surface area contributed by atoms with Crippen molar-refractivity contribution in [3.63, 3.8) is 0 Å². The number of fused-ring (bicyclic) bond motifs is 1. The Morgan fingerprint density at radius 1 is 1.38 bits per heavy atom. The van der Waals surface area contributed by atoms with E-state index in [1.54, 1.807) is 7.11 Å². The molecule has 2 aromatic rings. The number of nitrogens with zero attached hydrogens (tertiary/aromatic N) is 4. The van der Waals surface area contributed by atoms with Crippen molar-refractivity contribution in [2.45, 2.75) is 33.6 Å². The van der Waals surface area contributed by atoms with E-state index in [0.29, 0.717) is 5.92 Å². The molecule has 24 heavy (non-hydrogen) atoms. The molecule has 0 saturated carbocycles. The highest BCUT2D eigenvalue weighted by molar-refractivity contribution is 5.56. The number of anilines is 1. The van der Waals surface area contributed by atoms with E-state index in [1.807, 2.05) is 11.4 Å². The molecule has 2 aromatic heterocycles. The summed E-state index contributed by atoms with van der Waals surface area (Å²) in [5.41, 5.74) is 4.30. The first kappa shape index (κ1) is 17.2. The molecule has 1 saturated heterocycles. The molecule has 3 rings (SSSR count). The third kappa shape index (κ3) is 3.54.